The molecule has 4 heteroatoms. The molecule has 1 amide bonds. The summed E-state index contributed by atoms with van der Waals surface area (Å²) in [7, 11) is 0. The number of para-hydroxylation sites is 1. The van der Waals surface area contributed by atoms with Crippen LogP contribution in [-0.2, 0) is 9.53 Å². The zero-order chi connectivity index (χ0) is 15.1. The van der Waals surface area contributed by atoms with E-state index >= 15 is 0 Å². The SMILES string of the molecule is CCC(=O)N1c2ccccc2[C@H]2OCC[C@@H]2[C@@H]1c1ccco1. The number of ether oxygens (including phenoxy) is 1. The molecule has 0 aliphatic carbocycles. The van der Waals surface area contributed by atoms with Gasteiger partial charge in [0.2, 0.25) is 5.91 Å². The Morgan fingerprint density at radius 2 is 2.14 bits per heavy atom. The highest BCUT2D eigenvalue weighted by molar-refractivity contribution is 5.95. The molecule has 0 saturated carbocycles. The fraction of sp³-hybridized carbons (Fsp3) is 0.389. The van der Waals surface area contributed by atoms with E-state index in [1.165, 1.54) is 0 Å². The topological polar surface area (TPSA) is 42.7 Å². The summed E-state index contributed by atoms with van der Waals surface area (Å²) < 4.78 is 11.7. The lowest BCUT2D eigenvalue weighted by Crippen LogP contribution is -2.43. The first-order valence-electron chi connectivity index (χ1n) is 7.87. The third-order valence-corrected chi connectivity index (χ3v) is 4.73. The molecule has 1 fully saturated rings. The van der Waals surface area contributed by atoms with Gasteiger partial charge in [-0.3, -0.25) is 4.79 Å². The predicted octanol–water partition coefficient (Wildman–Crippen LogP) is 3.86. The molecule has 1 saturated heterocycles. The van der Waals surface area contributed by atoms with E-state index in [1.54, 1.807) is 6.26 Å². The highest BCUT2D eigenvalue weighted by Crippen LogP contribution is 2.53. The van der Waals surface area contributed by atoms with E-state index in [9.17, 15) is 4.79 Å². The van der Waals surface area contributed by atoms with Crippen LogP contribution in [0.2, 0.25) is 0 Å². The van der Waals surface area contributed by atoms with Gasteiger partial charge in [0.25, 0.3) is 0 Å². The Morgan fingerprint density at radius 1 is 1.27 bits per heavy atom. The monoisotopic (exact) mass is 297 g/mol. The molecule has 4 rings (SSSR count). The normalized spacial score (nSPS) is 26.6. The molecule has 22 heavy (non-hydrogen) atoms. The molecule has 3 atom stereocenters. The molecule has 3 heterocycles. The molecule has 4 nitrogen and oxygen atoms in total. The number of rotatable bonds is 2. The number of furan rings is 1. The molecule has 1 aromatic heterocycles. The summed E-state index contributed by atoms with van der Waals surface area (Å²) in [6, 6.07) is 11.8. The van der Waals surface area contributed by atoms with Gasteiger partial charge >= 0.3 is 0 Å². The maximum atomic E-state index is 12.7. The first-order valence-corrected chi connectivity index (χ1v) is 7.87. The zero-order valence-electron chi connectivity index (χ0n) is 12.6. The molecule has 114 valence electrons. The van der Waals surface area contributed by atoms with Crippen LogP contribution in [0.25, 0.3) is 0 Å². The Labute approximate surface area is 129 Å². The van der Waals surface area contributed by atoms with Gasteiger partial charge < -0.3 is 14.1 Å². The van der Waals surface area contributed by atoms with Crippen LogP contribution in [0.1, 0.15) is 43.2 Å². The number of hydrogen-bond donors (Lipinski definition) is 0. The number of fused-ring (bicyclic) bond motifs is 3. The fourth-order valence-electron chi connectivity index (χ4n) is 3.80. The first-order chi connectivity index (χ1) is 10.8. The molecule has 0 radical (unpaired) electrons. The van der Waals surface area contributed by atoms with E-state index in [1.807, 2.05) is 42.2 Å². The van der Waals surface area contributed by atoms with Crippen molar-refractivity contribution in [3.8, 4) is 0 Å². The van der Waals surface area contributed by atoms with Crippen LogP contribution in [0.15, 0.2) is 47.1 Å². The minimum Gasteiger partial charge on any atom is -0.467 e. The van der Waals surface area contributed by atoms with Crippen LogP contribution >= 0.6 is 0 Å². The Morgan fingerprint density at radius 3 is 2.91 bits per heavy atom. The van der Waals surface area contributed by atoms with Crippen molar-refractivity contribution in [1.82, 2.24) is 0 Å². The van der Waals surface area contributed by atoms with Gasteiger partial charge in [0.1, 0.15) is 11.8 Å². The Balaban J connectivity index is 1.90. The number of amides is 1. The number of carbonyl (C=O) groups is 1. The third-order valence-electron chi connectivity index (χ3n) is 4.73. The average Bonchev–Trinajstić information content (AvgIpc) is 3.24. The number of nitrogens with zero attached hydrogens (tertiary/aromatic N) is 1. The van der Waals surface area contributed by atoms with E-state index in [-0.39, 0.29) is 24.0 Å². The van der Waals surface area contributed by atoms with Crippen molar-refractivity contribution in [2.75, 3.05) is 11.5 Å². The Kier molecular flexibility index (Phi) is 3.26. The lowest BCUT2D eigenvalue weighted by atomic mass is 9.81. The van der Waals surface area contributed by atoms with Gasteiger partial charge in [0.05, 0.1) is 18.1 Å². The van der Waals surface area contributed by atoms with Crippen molar-refractivity contribution in [2.24, 2.45) is 5.92 Å². The van der Waals surface area contributed by atoms with Gasteiger partial charge in [0.15, 0.2) is 0 Å². The molecule has 0 bridgehead atoms. The van der Waals surface area contributed by atoms with Gasteiger partial charge in [-0.15, -0.1) is 0 Å². The number of hydrogen-bond acceptors (Lipinski definition) is 3. The van der Waals surface area contributed by atoms with Crippen molar-refractivity contribution in [3.05, 3.63) is 54.0 Å². The summed E-state index contributed by atoms with van der Waals surface area (Å²) >= 11 is 0. The second-order valence-electron chi connectivity index (χ2n) is 5.88. The van der Waals surface area contributed by atoms with E-state index < -0.39 is 0 Å². The fourth-order valence-corrected chi connectivity index (χ4v) is 3.80. The predicted molar refractivity (Wildman–Crippen MR) is 82.5 cm³/mol. The van der Waals surface area contributed by atoms with Crippen molar-refractivity contribution in [1.29, 1.82) is 0 Å². The molecule has 1 aromatic carbocycles. The molecule has 0 spiro atoms. The molecule has 2 aliphatic rings. The number of carbonyl (C=O) groups excluding carboxylic acids is 1. The molecular formula is C18H19NO3. The summed E-state index contributed by atoms with van der Waals surface area (Å²) in [5.74, 6) is 1.22. The van der Waals surface area contributed by atoms with E-state index in [0.717, 1.165) is 30.0 Å². The largest absolute Gasteiger partial charge is 0.467 e. The van der Waals surface area contributed by atoms with Gasteiger partial charge in [-0.1, -0.05) is 25.1 Å². The van der Waals surface area contributed by atoms with Crippen molar-refractivity contribution in [2.45, 2.75) is 31.9 Å². The van der Waals surface area contributed by atoms with Crippen LogP contribution in [0.5, 0.6) is 0 Å². The zero-order valence-corrected chi connectivity index (χ0v) is 12.6. The van der Waals surface area contributed by atoms with Crippen molar-refractivity contribution < 1.29 is 13.9 Å². The number of benzene rings is 1. The summed E-state index contributed by atoms with van der Waals surface area (Å²) in [6.07, 6.45) is 3.14. The standard InChI is InChI=1S/C18H19NO3/c1-2-16(20)19-14-7-4-3-6-12(14)18-13(9-11-22-18)17(19)15-8-5-10-21-15/h3-8,10,13,17-18H,2,9,11H2,1H3/t13-,17-,18-/m1/s1. The quantitative estimate of drug-likeness (QED) is 0.845. The first kappa shape index (κ1) is 13.6. The maximum Gasteiger partial charge on any atom is 0.227 e. The Hall–Kier alpha value is -2.07. The second kappa shape index (κ2) is 5.29. The van der Waals surface area contributed by atoms with Crippen LogP contribution in [0.4, 0.5) is 5.69 Å². The highest BCUT2D eigenvalue weighted by atomic mass is 16.5. The molecular weight excluding hydrogens is 278 g/mol. The van der Waals surface area contributed by atoms with E-state index in [0.29, 0.717) is 6.42 Å². The third kappa shape index (κ3) is 1.91. The second-order valence-corrected chi connectivity index (χ2v) is 5.88. The average molecular weight is 297 g/mol. The van der Waals surface area contributed by atoms with Crippen LogP contribution in [0, 0.1) is 5.92 Å². The van der Waals surface area contributed by atoms with Gasteiger partial charge in [-0.25, -0.2) is 0 Å². The summed E-state index contributed by atoms with van der Waals surface area (Å²) in [5.41, 5.74) is 2.08. The molecule has 2 aliphatic heterocycles. The van der Waals surface area contributed by atoms with Gasteiger partial charge in [-0.2, -0.15) is 0 Å². The lowest BCUT2D eigenvalue weighted by Gasteiger charge is -2.42. The van der Waals surface area contributed by atoms with Gasteiger partial charge in [0, 0.05) is 24.5 Å². The smallest absolute Gasteiger partial charge is 0.227 e. The molecule has 2 aromatic rings. The van der Waals surface area contributed by atoms with Crippen molar-refractivity contribution >= 4 is 11.6 Å². The van der Waals surface area contributed by atoms with Crippen LogP contribution < -0.4 is 4.90 Å². The van der Waals surface area contributed by atoms with E-state index in [2.05, 4.69) is 6.07 Å². The summed E-state index contributed by atoms with van der Waals surface area (Å²) in [5, 5.41) is 0. The minimum absolute atomic E-state index is 0.0483. The van der Waals surface area contributed by atoms with Gasteiger partial charge in [-0.05, 0) is 24.6 Å². The summed E-state index contributed by atoms with van der Waals surface area (Å²) in [6.45, 7) is 2.64. The lowest BCUT2D eigenvalue weighted by molar-refractivity contribution is -0.119. The highest BCUT2D eigenvalue weighted by Gasteiger charge is 2.47. The van der Waals surface area contributed by atoms with Crippen LogP contribution in [-0.4, -0.2) is 12.5 Å². The Bertz CT molecular complexity index is 679. The maximum absolute atomic E-state index is 12.7. The summed E-state index contributed by atoms with van der Waals surface area (Å²) in [4.78, 5) is 14.6. The molecule has 0 unspecified atom stereocenters. The van der Waals surface area contributed by atoms with Crippen molar-refractivity contribution in [3.63, 3.8) is 0 Å². The van der Waals surface area contributed by atoms with Crippen LogP contribution in [0.3, 0.4) is 0 Å². The minimum atomic E-state index is -0.0788. The molecule has 0 N–H and O–H groups in total. The van der Waals surface area contributed by atoms with E-state index in [4.69, 9.17) is 9.15 Å². The number of anilines is 1.